The SMILES string of the molecule is Cc1cccc(NC(=O)CCN2C(=O)/C(=C/c3cc(Cl)ccc3O)SC2=S)c1. The molecule has 0 atom stereocenters. The third kappa shape index (κ3) is 4.92. The summed E-state index contributed by atoms with van der Waals surface area (Å²) in [5.41, 5.74) is 2.20. The van der Waals surface area contributed by atoms with Gasteiger partial charge < -0.3 is 10.4 Å². The molecule has 5 nitrogen and oxygen atoms in total. The van der Waals surface area contributed by atoms with E-state index in [1.165, 1.54) is 11.0 Å². The Labute approximate surface area is 177 Å². The van der Waals surface area contributed by atoms with Gasteiger partial charge in [0.15, 0.2) is 0 Å². The third-order valence-corrected chi connectivity index (χ3v) is 5.63. The highest BCUT2D eigenvalue weighted by molar-refractivity contribution is 8.26. The first kappa shape index (κ1) is 20.4. The summed E-state index contributed by atoms with van der Waals surface area (Å²) in [7, 11) is 0. The Bertz CT molecular complexity index is 991. The zero-order chi connectivity index (χ0) is 20.3. The number of anilines is 1. The summed E-state index contributed by atoms with van der Waals surface area (Å²) in [6, 6.07) is 12.1. The van der Waals surface area contributed by atoms with Crippen LogP contribution >= 0.6 is 35.6 Å². The van der Waals surface area contributed by atoms with Crippen molar-refractivity contribution in [3.05, 3.63) is 63.5 Å². The molecule has 144 valence electrons. The molecule has 1 aliphatic rings. The quantitative estimate of drug-likeness (QED) is 0.534. The van der Waals surface area contributed by atoms with Crippen LogP contribution in [0, 0.1) is 6.92 Å². The highest BCUT2D eigenvalue weighted by atomic mass is 35.5. The van der Waals surface area contributed by atoms with Gasteiger partial charge >= 0.3 is 0 Å². The van der Waals surface area contributed by atoms with Gasteiger partial charge in [-0.2, -0.15) is 0 Å². The minimum atomic E-state index is -0.294. The number of halogens is 1. The standard InChI is InChI=1S/C20H17ClN2O3S2/c1-12-3-2-4-15(9-12)22-18(25)7-8-23-19(26)17(28-20(23)27)11-13-10-14(21)5-6-16(13)24/h2-6,9-11,24H,7-8H2,1H3,(H,22,25)/b17-11-. The summed E-state index contributed by atoms with van der Waals surface area (Å²) in [6.07, 6.45) is 1.67. The Balaban J connectivity index is 1.64. The highest BCUT2D eigenvalue weighted by Crippen LogP contribution is 2.34. The number of phenolic OH excluding ortho intramolecular Hbond substituents is 1. The van der Waals surface area contributed by atoms with Crippen LogP contribution in [0.25, 0.3) is 6.08 Å². The lowest BCUT2D eigenvalue weighted by Crippen LogP contribution is -2.31. The molecule has 2 aromatic carbocycles. The van der Waals surface area contributed by atoms with Crippen LogP contribution in [-0.2, 0) is 9.59 Å². The molecule has 8 heteroatoms. The summed E-state index contributed by atoms with van der Waals surface area (Å²) >= 11 is 12.4. The molecule has 0 bridgehead atoms. The lowest BCUT2D eigenvalue weighted by atomic mass is 10.2. The zero-order valence-corrected chi connectivity index (χ0v) is 17.3. The Morgan fingerprint density at radius 3 is 2.86 bits per heavy atom. The molecule has 1 heterocycles. The molecule has 0 saturated carbocycles. The van der Waals surface area contributed by atoms with E-state index in [1.807, 2.05) is 31.2 Å². The topological polar surface area (TPSA) is 69.6 Å². The Hall–Kier alpha value is -2.35. The van der Waals surface area contributed by atoms with Crippen LogP contribution in [0.5, 0.6) is 5.75 Å². The van der Waals surface area contributed by atoms with E-state index < -0.39 is 0 Å². The number of hydrogen-bond donors (Lipinski definition) is 2. The Morgan fingerprint density at radius 1 is 1.32 bits per heavy atom. The van der Waals surface area contributed by atoms with Gasteiger partial charge in [-0.05, 0) is 48.9 Å². The Morgan fingerprint density at radius 2 is 2.11 bits per heavy atom. The first-order valence-electron chi connectivity index (χ1n) is 8.44. The summed E-state index contributed by atoms with van der Waals surface area (Å²) in [5.74, 6) is -0.471. The van der Waals surface area contributed by atoms with Gasteiger partial charge in [-0.15, -0.1) is 0 Å². The van der Waals surface area contributed by atoms with E-state index in [4.69, 9.17) is 23.8 Å². The number of hydrogen-bond acceptors (Lipinski definition) is 5. The van der Waals surface area contributed by atoms with Gasteiger partial charge in [-0.25, -0.2) is 0 Å². The minimum absolute atomic E-state index is 0.0206. The van der Waals surface area contributed by atoms with Crippen LogP contribution < -0.4 is 5.32 Å². The molecule has 0 aromatic heterocycles. The number of carbonyl (C=O) groups excluding carboxylic acids is 2. The van der Waals surface area contributed by atoms with Crippen LogP contribution in [0.4, 0.5) is 5.69 Å². The van der Waals surface area contributed by atoms with Crippen LogP contribution in [0.15, 0.2) is 47.4 Å². The predicted octanol–water partition coefficient (Wildman–Crippen LogP) is 4.58. The van der Waals surface area contributed by atoms with E-state index in [0.29, 0.717) is 25.5 Å². The monoisotopic (exact) mass is 432 g/mol. The van der Waals surface area contributed by atoms with Crippen LogP contribution in [-0.4, -0.2) is 32.7 Å². The van der Waals surface area contributed by atoms with Gasteiger partial charge in [0.25, 0.3) is 5.91 Å². The maximum Gasteiger partial charge on any atom is 0.266 e. The van der Waals surface area contributed by atoms with Crippen molar-refractivity contribution in [1.29, 1.82) is 0 Å². The maximum atomic E-state index is 12.6. The van der Waals surface area contributed by atoms with E-state index in [9.17, 15) is 14.7 Å². The van der Waals surface area contributed by atoms with E-state index in [-0.39, 0.29) is 30.5 Å². The van der Waals surface area contributed by atoms with Crippen molar-refractivity contribution in [1.82, 2.24) is 4.90 Å². The first-order chi connectivity index (χ1) is 13.3. The molecule has 0 unspecified atom stereocenters. The number of amides is 2. The van der Waals surface area contributed by atoms with Gasteiger partial charge in [0.1, 0.15) is 10.1 Å². The van der Waals surface area contributed by atoms with Crippen LogP contribution in [0.2, 0.25) is 5.02 Å². The van der Waals surface area contributed by atoms with Crippen molar-refractivity contribution < 1.29 is 14.7 Å². The second kappa shape index (κ2) is 8.77. The number of nitrogens with one attached hydrogen (secondary N) is 1. The molecule has 0 aliphatic carbocycles. The largest absolute Gasteiger partial charge is 0.507 e. The highest BCUT2D eigenvalue weighted by Gasteiger charge is 2.32. The lowest BCUT2D eigenvalue weighted by molar-refractivity contribution is -0.122. The predicted molar refractivity (Wildman–Crippen MR) is 117 cm³/mol. The molecule has 3 rings (SSSR count). The van der Waals surface area contributed by atoms with Crippen molar-refractivity contribution in [3.8, 4) is 5.75 Å². The fourth-order valence-electron chi connectivity index (χ4n) is 2.63. The smallest absolute Gasteiger partial charge is 0.266 e. The van der Waals surface area contributed by atoms with Crippen LogP contribution in [0.3, 0.4) is 0 Å². The van der Waals surface area contributed by atoms with Gasteiger partial charge in [-0.1, -0.05) is 47.7 Å². The third-order valence-electron chi connectivity index (χ3n) is 4.01. The number of thiocarbonyl (C=S) groups is 1. The maximum absolute atomic E-state index is 12.6. The average Bonchev–Trinajstić information content (AvgIpc) is 2.90. The summed E-state index contributed by atoms with van der Waals surface area (Å²) in [4.78, 5) is 26.6. The molecular weight excluding hydrogens is 416 g/mol. The molecular formula is C20H17ClN2O3S2. The minimum Gasteiger partial charge on any atom is -0.507 e. The number of aryl methyl sites for hydroxylation is 1. The molecule has 1 fully saturated rings. The van der Waals surface area contributed by atoms with Gasteiger partial charge in [0.05, 0.1) is 4.91 Å². The number of nitrogens with zero attached hydrogens (tertiary/aromatic N) is 1. The molecule has 2 aromatic rings. The van der Waals surface area contributed by atoms with Crippen molar-refractivity contribution in [2.75, 3.05) is 11.9 Å². The second-order valence-electron chi connectivity index (χ2n) is 6.20. The van der Waals surface area contributed by atoms with E-state index in [2.05, 4.69) is 5.32 Å². The number of thioether (sulfide) groups is 1. The van der Waals surface area contributed by atoms with Gasteiger partial charge in [0.2, 0.25) is 5.91 Å². The van der Waals surface area contributed by atoms with E-state index >= 15 is 0 Å². The number of carbonyl (C=O) groups is 2. The van der Waals surface area contributed by atoms with Gasteiger partial charge in [0, 0.05) is 29.2 Å². The fourth-order valence-corrected chi connectivity index (χ4v) is 4.11. The molecule has 28 heavy (non-hydrogen) atoms. The number of aromatic hydroxyl groups is 1. The van der Waals surface area contributed by atoms with Crippen molar-refractivity contribution in [3.63, 3.8) is 0 Å². The summed E-state index contributed by atoms with van der Waals surface area (Å²) < 4.78 is 0.376. The van der Waals surface area contributed by atoms with Gasteiger partial charge in [-0.3, -0.25) is 14.5 Å². The van der Waals surface area contributed by atoms with E-state index in [0.717, 1.165) is 17.3 Å². The first-order valence-corrected chi connectivity index (χ1v) is 10.0. The summed E-state index contributed by atoms with van der Waals surface area (Å²) in [5, 5.41) is 13.2. The molecule has 1 saturated heterocycles. The second-order valence-corrected chi connectivity index (χ2v) is 8.32. The molecule has 0 radical (unpaired) electrons. The lowest BCUT2D eigenvalue weighted by Gasteiger charge is -2.14. The average molecular weight is 433 g/mol. The molecule has 0 spiro atoms. The Kier molecular flexibility index (Phi) is 6.39. The van der Waals surface area contributed by atoms with Crippen LogP contribution in [0.1, 0.15) is 17.5 Å². The number of rotatable bonds is 5. The fraction of sp³-hybridized carbons (Fsp3) is 0.150. The molecule has 2 amide bonds. The van der Waals surface area contributed by atoms with E-state index in [1.54, 1.807) is 18.2 Å². The normalized spacial score (nSPS) is 15.4. The molecule has 2 N–H and O–H groups in total. The molecule has 1 aliphatic heterocycles. The summed E-state index contributed by atoms with van der Waals surface area (Å²) in [6.45, 7) is 2.13. The number of phenols is 1. The van der Waals surface area contributed by atoms with Crippen molar-refractivity contribution in [2.24, 2.45) is 0 Å². The zero-order valence-electron chi connectivity index (χ0n) is 14.9. The van der Waals surface area contributed by atoms with Crippen molar-refractivity contribution >= 4 is 63.5 Å². The van der Waals surface area contributed by atoms with Crippen molar-refractivity contribution in [2.45, 2.75) is 13.3 Å². The number of benzene rings is 2.